The number of para-hydroxylation sites is 1. The van der Waals surface area contributed by atoms with Crippen LogP contribution < -0.4 is 10.6 Å². The molecule has 0 aliphatic carbocycles. The van der Waals surface area contributed by atoms with Gasteiger partial charge in [-0.05, 0) is 37.1 Å². The number of nitrogens with zero attached hydrogens (tertiary/aromatic N) is 5. The van der Waals surface area contributed by atoms with E-state index in [0.717, 1.165) is 48.2 Å². The second-order valence-electron chi connectivity index (χ2n) is 7.30. The Bertz CT molecular complexity index is 1230. The lowest BCUT2D eigenvalue weighted by molar-refractivity contribution is -0.122. The molecule has 1 saturated heterocycles. The van der Waals surface area contributed by atoms with Crippen molar-refractivity contribution in [3.8, 4) is 11.3 Å². The summed E-state index contributed by atoms with van der Waals surface area (Å²) in [7, 11) is 0. The average Bonchev–Trinajstić information content (AvgIpc) is 3.17. The lowest BCUT2D eigenvalue weighted by atomic mass is 9.96. The summed E-state index contributed by atoms with van der Waals surface area (Å²) >= 11 is 6.18. The molecule has 0 unspecified atom stereocenters. The van der Waals surface area contributed by atoms with Gasteiger partial charge in [-0.15, -0.1) is 5.10 Å². The van der Waals surface area contributed by atoms with Gasteiger partial charge in [-0.25, -0.2) is 4.98 Å². The Kier molecular flexibility index (Phi) is 4.32. The number of fused-ring (bicyclic) bond motifs is 3. The van der Waals surface area contributed by atoms with E-state index in [9.17, 15) is 4.79 Å². The number of aromatic nitrogens is 4. The Morgan fingerprint density at radius 2 is 1.90 bits per heavy atom. The summed E-state index contributed by atoms with van der Waals surface area (Å²) < 4.78 is 1.77. The Balaban J connectivity index is 1.67. The fraction of sp³-hybridized carbons (Fsp3) is 0.238. The molecular weight excluding hydrogens is 388 g/mol. The van der Waals surface area contributed by atoms with Crippen LogP contribution in [0.3, 0.4) is 0 Å². The molecule has 1 aliphatic heterocycles. The molecule has 2 aromatic carbocycles. The number of primary amides is 1. The van der Waals surface area contributed by atoms with Crippen LogP contribution >= 0.6 is 11.6 Å². The highest BCUT2D eigenvalue weighted by molar-refractivity contribution is 6.30. The first-order valence-corrected chi connectivity index (χ1v) is 9.94. The quantitative estimate of drug-likeness (QED) is 0.563. The Morgan fingerprint density at radius 1 is 1.10 bits per heavy atom. The molecule has 3 heterocycles. The molecule has 1 amide bonds. The van der Waals surface area contributed by atoms with Crippen molar-refractivity contribution in [2.45, 2.75) is 12.8 Å². The number of carbonyl (C=O) groups is 1. The van der Waals surface area contributed by atoms with Gasteiger partial charge in [-0.3, -0.25) is 4.79 Å². The highest BCUT2D eigenvalue weighted by Gasteiger charge is 2.26. The van der Waals surface area contributed by atoms with Gasteiger partial charge in [-0.1, -0.05) is 41.1 Å². The van der Waals surface area contributed by atoms with Crippen molar-refractivity contribution in [3.63, 3.8) is 0 Å². The molecule has 1 aliphatic rings. The SMILES string of the molecule is NC(=O)C1CCN(c2nc3c(-c4cccc(Cl)c4)nnn3c3ccccc23)CC1. The molecule has 0 atom stereocenters. The molecule has 5 rings (SSSR count). The number of hydrogen-bond donors (Lipinski definition) is 1. The maximum absolute atomic E-state index is 11.5. The number of benzene rings is 2. The number of anilines is 1. The monoisotopic (exact) mass is 406 g/mol. The number of piperidine rings is 1. The zero-order chi connectivity index (χ0) is 20.0. The molecule has 1 fully saturated rings. The normalized spacial score (nSPS) is 15.3. The van der Waals surface area contributed by atoms with Gasteiger partial charge >= 0.3 is 0 Å². The highest BCUT2D eigenvalue weighted by atomic mass is 35.5. The summed E-state index contributed by atoms with van der Waals surface area (Å²) in [5, 5.41) is 10.4. The third kappa shape index (κ3) is 3.07. The van der Waals surface area contributed by atoms with Crippen molar-refractivity contribution in [3.05, 3.63) is 53.6 Å². The van der Waals surface area contributed by atoms with Crippen LogP contribution in [-0.2, 0) is 4.79 Å². The van der Waals surface area contributed by atoms with Crippen molar-refractivity contribution in [1.29, 1.82) is 0 Å². The van der Waals surface area contributed by atoms with Gasteiger partial charge in [-0.2, -0.15) is 4.52 Å². The second-order valence-corrected chi connectivity index (χ2v) is 7.74. The fourth-order valence-corrected chi connectivity index (χ4v) is 4.18. The van der Waals surface area contributed by atoms with Crippen LogP contribution in [0.15, 0.2) is 48.5 Å². The van der Waals surface area contributed by atoms with Crippen LogP contribution in [-0.4, -0.2) is 38.8 Å². The van der Waals surface area contributed by atoms with E-state index in [0.29, 0.717) is 16.4 Å². The van der Waals surface area contributed by atoms with Gasteiger partial charge in [0.05, 0.1) is 5.52 Å². The Morgan fingerprint density at radius 3 is 2.66 bits per heavy atom. The van der Waals surface area contributed by atoms with Gasteiger partial charge in [0.2, 0.25) is 5.91 Å². The van der Waals surface area contributed by atoms with E-state index in [1.807, 2.05) is 48.5 Å². The number of halogens is 1. The van der Waals surface area contributed by atoms with Gasteiger partial charge in [0.25, 0.3) is 0 Å². The summed E-state index contributed by atoms with van der Waals surface area (Å²) in [6.07, 6.45) is 1.46. The van der Waals surface area contributed by atoms with E-state index < -0.39 is 0 Å². The topological polar surface area (TPSA) is 89.4 Å². The van der Waals surface area contributed by atoms with E-state index in [4.69, 9.17) is 22.3 Å². The smallest absolute Gasteiger partial charge is 0.220 e. The van der Waals surface area contributed by atoms with Crippen LogP contribution in [0.2, 0.25) is 5.02 Å². The van der Waals surface area contributed by atoms with Crippen LogP contribution in [0.1, 0.15) is 12.8 Å². The molecule has 0 bridgehead atoms. The molecule has 2 N–H and O–H groups in total. The molecule has 0 saturated carbocycles. The molecular formula is C21H19ClN6O. The van der Waals surface area contributed by atoms with Crippen molar-refractivity contribution < 1.29 is 4.79 Å². The number of hydrogen-bond acceptors (Lipinski definition) is 5. The van der Waals surface area contributed by atoms with E-state index >= 15 is 0 Å². The molecule has 0 radical (unpaired) electrons. The predicted octanol–water partition coefficient (Wildman–Crippen LogP) is 3.30. The lowest BCUT2D eigenvalue weighted by Gasteiger charge is -2.32. The van der Waals surface area contributed by atoms with E-state index in [-0.39, 0.29) is 11.8 Å². The molecule has 0 spiro atoms. The first kappa shape index (κ1) is 17.9. The first-order valence-electron chi connectivity index (χ1n) is 9.56. The van der Waals surface area contributed by atoms with E-state index in [1.54, 1.807) is 4.52 Å². The molecule has 29 heavy (non-hydrogen) atoms. The molecule has 2 aromatic heterocycles. The fourth-order valence-electron chi connectivity index (χ4n) is 3.99. The zero-order valence-corrected chi connectivity index (χ0v) is 16.4. The van der Waals surface area contributed by atoms with Crippen molar-refractivity contribution in [2.75, 3.05) is 18.0 Å². The molecule has 4 aromatic rings. The van der Waals surface area contributed by atoms with Gasteiger partial charge in [0.15, 0.2) is 5.65 Å². The minimum Gasteiger partial charge on any atom is -0.369 e. The standard InChI is InChI=1S/C21H19ClN6O/c22-15-5-3-4-14(12-15)18-21-24-20(27-10-8-13(9-11-27)19(23)29)16-6-1-2-7-17(16)28(21)26-25-18/h1-7,12-13H,8-11H2,(H2,23,29). The highest BCUT2D eigenvalue weighted by Crippen LogP contribution is 2.32. The minimum absolute atomic E-state index is 0.0695. The summed E-state index contributed by atoms with van der Waals surface area (Å²) in [5.41, 5.74) is 8.66. The largest absolute Gasteiger partial charge is 0.369 e. The van der Waals surface area contributed by atoms with Crippen molar-refractivity contribution in [1.82, 2.24) is 19.8 Å². The van der Waals surface area contributed by atoms with Crippen LogP contribution in [0.4, 0.5) is 5.82 Å². The van der Waals surface area contributed by atoms with E-state index in [1.165, 1.54) is 0 Å². The lowest BCUT2D eigenvalue weighted by Crippen LogP contribution is -2.39. The van der Waals surface area contributed by atoms with Crippen LogP contribution in [0.5, 0.6) is 0 Å². The maximum atomic E-state index is 11.5. The van der Waals surface area contributed by atoms with Crippen LogP contribution in [0.25, 0.3) is 27.8 Å². The number of rotatable bonds is 3. The summed E-state index contributed by atoms with van der Waals surface area (Å²) in [5.74, 6) is 0.586. The minimum atomic E-state index is -0.221. The van der Waals surface area contributed by atoms with Gasteiger partial charge in [0.1, 0.15) is 11.5 Å². The predicted molar refractivity (Wildman–Crippen MR) is 113 cm³/mol. The summed E-state index contributed by atoms with van der Waals surface area (Å²) in [4.78, 5) is 18.7. The number of carbonyl (C=O) groups excluding carboxylic acids is 1. The summed E-state index contributed by atoms with van der Waals surface area (Å²) in [6.45, 7) is 1.46. The van der Waals surface area contributed by atoms with Gasteiger partial charge < -0.3 is 10.6 Å². The van der Waals surface area contributed by atoms with Crippen LogP contribution in [0, 0.1) is 5.92 Å². The first-order chi connectivity index (χ1) is 14.1. The molecule has 7 nitrogen and oxygen atoms in total. The maximum Gasteiger partial charge on any atom is 0.220 e. The Hall–Kier alpha value is -3.19. The average molecular weight is 407 g/mol. The summed E-state index contributed by atoms with van der Waals surface area (Å²) in [6, 6.07) is 15.5. The third-order valence-corrected chi connectivity index (χ3v) is 5.76. The molecule has 8 heteroatoms. The Labute approximate surface area is 172 Å². The molecule has 146 valence electrons. The van der Waals surface area contributed by atoms with Gasteiger partial charge in [0, 0.05) is 35.0 Å². The number of amides is 1. The van der Waals surface area contributed by atoms with Crippen molar-refractivity contribution >= 4 is 39.9 Å². The third-order valence-electron chi connectivity index (χ3n) is 5.53. The van der Waals surface area contributed by atoms with E-state index in [2.05, 4.69) is 15.2 Å². The van der Waals surface area contributed by atoms with Crippen molar-refractivity contribution in [2.24, 2.45) is 11.7 Å². The number of nitrogens with two attached hydrogens (primary N) is 1. The second kappa shape index (κ2) is 7.00. The zero-order valence-electron chi connectivity index (χ0n) is 15.6.